The van der Waals surface area contributed by atoms with Crippen molar-refractivity contribution in [2.45, 2.75) is 11.3 Å². The van der Waals surface area contributed by atoms with Gasteiger partial charge in [-0.3, -0.25) is 0 Å². The van der Waals surface area contributed by atoms with Crippen molar-refractivity contribution in [3.05, 3.63) is 29.8 Å². The number of anilines is 1. The van der Waals surface area contributed by atoms with E-state index in [9.17, 15) is 4.79 Å². The lowest BCUT2D eigenvalue weighted by molar-refractivity contribution is -0.138. The highest BCUT2D eigenvalue weighted by molar-refractivity contribution is 8.00. The van der Waals surface area contributed by atoms with Crippen molar-refractivity contribution >= 4 is 23.4 Å². The minimum Gasteiger partial charge on any atom is -0.479 e. The third-order valence-electron chi connectivity index (χ3n) is 2.49. The normalized spacial score (nSPS) is 24.1. The van der Waals surface area contributed by atoms with Crippen LogP contribution in [0.1, 0.15) is 5.56 Å². The number of rotatable bonds is 2. The monoisotopic (exact) mass is 209 g/mol. The first kappa shape index (κ1) is 9.40. The first-order chi connectivity index (χ1) is 6.68. The van der Waals surface area contributed by atoms with Crippen molar-refractivity contribution in [2.75, 3.05) is 11.6 Å². The minimum atomic E-state index is -0.871. The van der Waals surface area contributed by atoms with Crippen molar-refractivity contribution < 1.29 is 9.90 Å². The fourth-order valence-electron chi connectivity index (χ4n) is 1.67. The van der Waals surface area contributed by atoms with Gasteiger partial charge in [-0.25, -0.2) is 4.79 Å². The Bertz CT molecular complexity index is 353. The molecule has 0 bridgehead atoms. The maximum absolute atomic E-state index is 11.1. The van der Waals surface area contributed by atoms with Crippen LogP contribution in [-0.4, -0.2) is 22.2 Å². The lowest BCUT2D eigenvalue weighted by Gasteiger charge is -2.22. The fraction of sp³-hybridized carbons (Fsp3) is 0.300. The summed E-state index contributed by atoms with van der Waals surface area (Å²) in [6.07, 6.45) is 2.35. The molecule has 0 aromatic heterocycles. The van der Waals surface area contributed by atoms with Gasteiger partial charge in [0.25, 0.3) is 0 Å². The predicted molar refractivity (Wildman–Crippen MR) is 57.7 cm³/mol. The third-order valence-corrected chi connectivity index (χ3v) is 3.61. The molecule has 0 spiro atoms. The molecule has 1 aromatic rings. The Balaban J connectivity index is 2.37. The lowest BCUT2D eigenvalue weighted by Crippen LogP contribution is -2.41. The van der Waals surface area contributed by atoms with E-state index in [0.29, 0.717) is 6.42 Å². The van der Waals surface area contributed by atoms with E-state index in [-0.39, 0.29) is 0 Å². The number of benzene rings is 1. The van der Waals surface area contributed by atoms with Gasteiger partial charge in [0.15, 0.2) is 4.87 Å². The molecule has 0 saturated carbocycles. The molecule has 3 nitrogen and oxygen atoms in total. The van der Waals surface area contributed by atoms with E-state index >= 15 is 0 Å². The predicted octanol–water partition coefficient (Wildman–Crippen LogP) is 1.80. The van der Waals surface area contributed by atoms with Crippen LogP contribution in [0.25, 0.3) is 0 Å². The first-order valence-corrected chi connectivity index (χ1v) is 5.55. The largest absolute Gasteiger partial charge is 0.479 e. The van der Waals surface area contributed by atoms with Crippen molar-refractivity contribution in [3.63, 3.8) is 0 Å². The van der Waals surface area contributed by atoms with E-state index in [0.717, 1.165) is 11.3 Å². The standard InChI is InChI=1S/C10H11NO2S/c1-14-10(9(12)13)6-7-4-2-3-5-8(7)11-10/h2-5,11H,6H2,1H3,(H,12,13)/t10-/m0/s1. The van der Waals surface area contributed by atoms with Gasteiger partial charge in [-0.15, -0.1) is 11.8 Å². The molecule has 0 amide bonds. The molecule has 4 heteroatoms. The Kier molecular flexibility index (Phi) is 2.15. The average molecular weight is 209 g/mol. The molecule has 0 unspecified atom stereocenters. The summed E-state index contributed by atoms with van der Waals surface area (Å²) in [5.41, 5.74) is 2.01. The van der Waals surface area contributed by atoms with Gasteiger partial charge in [0, 0.05) is 12.1 Å². The topological polar surface area (TPSA) is 49.3 Å². The third kappa shape index (κ3) is 1.26. The van der Waals surface area contributed by atoms with Gasteiger partial charge in [0.1, 0.15) is 0 Å². The van der Waals surface area contributed by atoms with E-state index in [2.05, 4.69) is 5.32 Å². The molecule has 1 heterocycles. The molecule has 0 radical (unpaired) electrons. The smallest absolute Gasteiger partial charge is 0.340 e. The number of carboxylic acid groups (broad SMARTS) is 1. The van der Waals surface area contributed by atoms with E-state index in [1.165, 1.54) is 11.8 Å². The summed E-state index contributed by atoms with van der Waals surface area (Å²) in [6, 6.07) is 7.71. The van der Waals surface area contributed by atoms with E-state index in [4.69, 9.17) is 5.11 Å². The van der Waals surface area contributed by atoms with Gasteiger partial charge in [0.05, 0.1) is 0 Å². The molecular weight excluding hydrogens is 198 g/mol. The van der Waals surface area contributed by atoms with E-state index in [1.807, 2.05) is 30.5 Å². The molecule has 1 aliphatic heterocycles. The Morgan fingerprint density at radius 3 is 2.86 bits per heavy atom. The summed E-state index contributed by atoms with van der Waals surface area (Å²) in [5, 5.41) is 12.2. The fourth-order valence-corrected chi connectivity index (χ4v) is 2.35. The van der Waals surface area contributed by atoms with Crippen LogP contribution in [0.15, 0.2) is 24.3 Å². The van der Waals surface area contributed by atoms with Gasteiger partial charge < -0.3 is 10.4 Å². The molecule has 14 heavy (non-hydrogen) atoms. The number of aliphatic carboxylic acids is 1. The average Bonchev–Trinajstić information content (AvgIpc) is 2.57. The van der Waals surface area contributed by atoms with Crippen LogP contribution < -0.4 is 5.32 Å². The highest BCUT2D eigenvalue weighted by atomic mass is 32.2. The number of fused-ring (bicyclic) bond motifs is 1. The quantitative estimate of drug-likeness (QED) is 0.779. The van der Waals surface area contributed by atoms with Crippen LogP contribution >= 0.6 is 11.8 Å². The Morgan fingerprint density at radius 1 is 1.57 bits per heavy atom. The van der Waals surface area contributed by atoms with Crippen molar-refractivity contribution in [1.82, 2.24) is 0 Å². The van der Waals surface area contributed by atoms with Gasteiger partial charge in [-0.05, 0) is 17.9 Å². The number of nitrogens with one attached hydrogen (secondary N) is 1. The van der Waals surface area contributed by atoms with Gasteiger partial charge in [-0.1, -0.05) is 18.2 Å². The summed E-state index contributed by atoms with van der Waals surface area (Å²) in [5.74, 6) is -0.804. The summed E-state index contributed by atoms with van der Waals surface area (Å²) < 4.78 is 0. The lowest BCUT2D eigenvalue weighted by atomic mass is 10.1. The van der Waals surface area contributed by atoms with Crippen LogP contribution in [0.2, 0.25) is 0 Å². The molecule has 2 N–H and O–H groups in total. The number of thioether (sulfide) groups is 1. The van der Waals surface area contributed by atoms with Crippen LogP contribution in [0.5, 0.6) is 0 Å². The molecule has 1 aliphatic rings. The number of carboxylic acids is 1. The highest BCUT2D eigenvalue weighted by Crippen LogP contribution is 2.38. The summed E-state index contributed by atoms with van der Waals surface area (Å²) in [6.45, 7) is 0. The number of hydrogen-bond acceptors (Lipinski definition) is 3. The molecule has 0 fully saturated rings. The molecule has 1 atom stereocenters. The number of carbonyl (C=O) groups is 1. The van der Waals surface area contributed by atoms with Crippen molar-refractivity contribution in [1.29, 1.82) is 0 Å². The molecule has 0 saturated heterocycles. The zero-order valence-electron chi connectivity index (χ0n) is 7.78. The van der Waals surface area contributed by atoms with Gasteiger partial charge >= 0.3 is 5.97 Å². The maximum atomic E-state index is 11.1. The second kappa shape index (κ2) is 3.20. The first-order valence-electron chi connectivity index (χ1n) is 4.32. The molecular formula is C10H11NO2S. The highest BCUT2D eigenvalue weighted by Gasteiger charge is 2.43. The van der Waals surface area contributed by atoms with Crippen molar-refractivity contribution in [2.24, 2.45) is 0 Å². The second-order valence-corrected chi connectivity index (χ2v) is 4.40. The molecule has 1 aromatic carbocycles. The van der Waals surface area contributed by atoms with Crippen LogP contribution in [0, 0.1) is 0 Å². The summed E-state index contributed by atoms with van der Waals surface area (Å²) in [4.78, 5) is 10.3. The van der Waals surface area contributed by atoms with Crippen LogP contribution in [-0.2, 0) is 11.2 Å². The van der Waals surface area contributed by atoms with Crippen LogP contribution in [0.4, 0.5) is 5.69 Å². The van der Waals surface area contributed by atoms with E-state index in [1.54, 1.807) is 0 Å². The SMILES string of the molecule is CS[C@]1(C(=O)O)Cc2ccccc2N1. The molecule has 2 rings (SSSR count). The maximum Gasteiger partial charge on any atom is 0.340 e. The van der Waals surface area contributed by atoms with Crippen molar-refractivity contribution in [3.8, 4) is 0 Å². The summed E-state index contributed by atoms with van der Waals surface area (Å²) in [7, 11) is 0. The second-order valence-electron chi connectivity index (χ2n) is 3.30. The molecule has 0 aliphatic carbocycles. The van der Waals surface area contributed by atoms with Crippen LogP contribution in [0.3, 0.4) is 0 Å². The summed E-state index contributed by atoms with van der Waals surface area (Å²) >= 11 is 1.33. The zero-order valence-corrected chi connectivity index (χ0v) is 8.60. The van der Waals surface area contributed by atoms with E-state index < -0.39 is 10.8 Å². The zero-order chi connectivity index (χ0) is 10.2. The Labute approximate surface area is 86.5 Å². The minimum absolute atomic E-state index is 0.541. The molecule has 74 valence electrons. The number of para-hydroxylation sites is 1. The Morgan fingerprint density at radius 2 is 2.29 bits per heavy atom. The van der Waals surface area contributed by atoms with Gasteiger partial charge in [-0.2, -0.15) is 0 Å². The van der Waals surface area contributed by atoms with Gasteiger partial charge in [0.2, 0.25) is 0 Å². The number of hydrogen-bond donors (Lipinski definition) is 2. The Hall–Kier alpha value is -1.16.